The molecule has 3 aromatic rings. The minimum absolute atomic E-state index is 0.163. The molecule has 1 aromatic carbocycles. The van der Waals surface area contributed by atoms with Gasteiger partial charge in [-0.15, -0.1) is 0 Å². The number of rotatable bonds is 4. The first kappa shape index (κ1) is 25.7. The average molecular weight is 481 g/mol. The topological polar surface area (TPSA) is 132 Å². The third-order valence-corrected chi connectivity index (χ3v) is 6.19. The van der Waals surface area contributed by atoms with Crippen LogP contribution in [0.2, 0.25) is 0 Å². The zero-order chi connectivity index (χ0) is 25.5. The lowest BCUT2D eigenvalue weighted by molar-refractivity contribution is -0.106. The largest absolute Gasteiger partial charge is 0.453 e. The smallest absolute Gasteiger partial charge is 0.409 e. The Hall–Kier alpha value is -3.95. The van der Waals surface area contributed by atoms with Crippen LogP contribution in [0.1, 0.15) is 40.3 Å². The average Bonchev–Trinajstić information content (AvgIpc) is 3.11. The molecule has 10 heteroatoms. The number of amides is 3. The van der Waals surface area contributed by atoms with E-state index in [1.165, 1.54) is 7.11 Å². The van der Waals surface area contributed by atoms with Crippen molar-refractivity contribution >= 4 is 35.0 Å². The minimum Gasteiger partial charge on any atom is -0.453 e. The van der Waals surface area contributed by atoms with Crippen molar-refractivity contribution in [3.05, 3.63) is 53.0 Å². The number of para-hydroxylation sites is 1. The normalized spacial score (nSPS) is 13.7. The minimum atomic E-state index is -0.265. The summed E-state index contributed by atoms with van der Waals surface area (Å²) in [6, 6.07) is 9.49. The molecular formula is C25H32N6O4. The monoisotopic (exact) mass is 480 g/mol. The number of hydrogen-bond donors (Lipinski definition) is 2. The second-order valence-electron chi connectivity index (χ2n) is 8.55. The second-order valence-corrected chi connectivity index (χ2v) is 8.55. The number of fused-ring (bicyclic) bond motifs is 1. The molecule has 3 amide bonds. The van der Waals surface area contributed by atoms with Crippen LogP contribution in [-0.2, 0) is 16.1 Å². The van der Waals surface area contributed by atoms with Gasteiger partial charge in [0.2, 0.25) is 6.41 Å². The van der Waals surface area contributed by atoms with Gasteiger partial charge in [-0.25, -0.2) is 4.79 Å². The number of ether oxygens (including phenoxy) is 1. The molecule has 1 aliphatic rings. The van der Waals surface area contributed by atoms with E-state index in [9.17, 15) is 9.59 Å². The van der Waals surface area contributed by atoms with Gasteiger partial charge >= 0.3 is 6.09 Å². The molecule has 0 aliphatic carbocycles. The predicted octanol–water partition coefficient (Wildman–Crippen LogP) is 3.19. The van der Waals surface area contributed by atoms with Crippen LogP contribution in [0.5, 0.6) is 0 Å². The summed E-state index contributed by atoms with van der Waals surface area (Å²) in [6.45, 7) is 7.92. The first-order valence-corrected chi connectivity index (χ1v) is 11.5. The van der Waals surface area contributed by atoms with Crippen molar-refractivity contribution in [1.82, 2.24) is 19.7 Å². The van der Waals surface area contributed by atoms with Gasteiger partial charge in [0.1, 0.15) is 0 Å². The Balaban J connectivity index is 0.00000108. The molecule has 0 atom stereocenters. The molecule has 10 nitrogen and oxygen atoms in total. The Bertz CT molecular complexity index is 1210. The van der Waals surface area contributed by atoms with Gasteiger partial charge in [0, 0.05) is 30.7 Å². The van der Waals surface area contributed by atoms with E-state index in [4.69, 9.17) is 9.53 Å². The molecule has 3 N–H and O–H groups in total. The maximum absolute atomic E-state index is 13.2. The number of piperidine rings is 1. The summed E-state index contributed by atoms with van der Waals surface area (Å²) >= 11 is 0. The Morgan fingerprint density at radius 2 is 1.86 bits per heavy atom. The number of methoxy groups -OCH3 is 1. The van der Waals surface area contributed by atoms with Crippen molar-refractivity contribution < 1.29 is 19.1 Å². The molecule has 35 heavy (non-hydrogen) atoms. The number of carbonyl (C=O) groups is 3. The Labute approximate surface area is 204 Å². The van der Waals surface area contributed by atoms with Gasteiger partial charge in [-0.2, -0.15) is 5.10 Å². The summed E-state index contributed by atoms with van der Waals surface area (Å²) in [5.41, 5.74) is 8.85. The van der Waals surface area contributed by atoms with Crippen molar-refractivity contribution in [2.45, 2.75) is 40.2 Å². The molecule has 2 aromatic heterocycles. The number of benzene rings is 1. The molecule has 4 rings (SSSR count). The van der Waals surface area contributed by atoms with E-state index in [2.05, 4.69) is 21.1 Å². The van der Waals surface area contributed by atoms with Gasteiger partial charge in [-0.3, -0.25) is 19.3 Å². The quantitative estimate of drug-likeness (QED) is 0.551. The van der Waals surface area contributed by atoms with Crippen LogP contribution in [0.4, 0.5) is 10.5 Å². The van der Waals surface area contributed by atoms with Gasteiger partial charge in [-0.1, -0.05) is 18.2 Å². The number of carbonyl (C=O) groups excluding carboxylic acids is 3. The molecule has 1 fully saturated rings. The highest BCUT2D eigenvalue weighted by Gasteiger charge is 2.25. The van der Waals surface area contributed by atoms with Crippen molar-refractivity contribution in [2.75, 3.05) is 25.5 Å². The maximum atomic E-state index is 13.2. The van der Waals surface area contributed by atoms with Crippen LogP contribution in [-0.4, -0.2) is 58.3 Å². The molecule has 0 spiro atoms. The van der Waals surface area contributed by atoms with Crippen LogP contribution in [0, 0.1) is 26.7 Å². The summed E-state index contributed by atoms with van der Waals surface area (Å²) in [7, 11) is 1.41. The van der Waals surface area contributed by atoms with Gasteiger partial charge in [0.05, 0.1) is 35.3 Å². The molecule has 0 saturated carbocycles. The summed E-state index contributed by atoms with van der Waals surface area (Å²) in [5.74, 6) is 0.257. The lowest BCUT2D eigenvalue weighted by Crippen LogP contribution is -2.39. The molecule has 3 heterocycles. The summed E-state index contributed by atoms with van der Waals surface area (Å²) in [5, 5.41) is 8.60. The van der Waals surface area contributed by atoms with Crippen molar-refractivity contribution in [3.8, 4) is 0 Å². The molecule has 0 bridgehead atoms. The zero-order valence-corrected chi connectivity index (χ0v) is 20.6. The molecular weight excluding hydrogens is 448 g/mol. The number of aromatic nitrogens is 3. The maximum Gasteiger partial charge on any atom is 0.409 e. The fourth-order valence-corrected chi connectivity index (χ4v) is 4.40. The lowest BCUT2D eigenvalue weighted by Gasteiger charge is -2.31. The van der Waals surface area contributed by atoms with Gasteiger partial charge in [0.15, 0.2) is 0 Å². The van der Waals surface area contributed by atoms with Gasteiger partial charge in [-0.05, 0) is 51.7 Å². The zero-order valence-electron chi connectivity index (χ0n) is 20.6. The summed E-state index contributed by atoms with van der Waals surface area (Å²) in [4.78, 5) is 39.7. The number of nitrogens with one attached hydrogen (secondary N) is 1. The number of pyridine rings is 1. The molecule has 0 radical (unpaired) electrons. The number of nitrogens with zero attached hydrogens (tertiary/aromatic N) is 4. The van der Waals surface area contributed by atoms with Crippen molar-refractivity contribution in [2.24, 2.45) is 11.7 Å². The van der Waals surface area contributed by atoms with Crippen molar-refractivity contribution in [3.63, 3.8) is 0 Å². The van der Waals surface area contributed by atoms with Crippen molar-refractivity contribution in [1.29, 1.82) is 0 Å². The predicted molar refractivity (Wildman–Crippen MR) is 133 cm³/mol. The Morgan fingerprint density at radius 3 is 2.51 bits per heavy atom. The second kappa shape index (κ2) is 11.5. The standard InChI is InChI=1S/C24H29N5O3.CH3NO/c1-15-13-20(19-7-5-6-8-21(19)25-15)23(30)26-22-16(2)27-29(17(22)3)14-18-9-11-28(12-10-18)24(31)32-4;2-1-3/h5-8,13,18H,9-12,14H2,1-4H3,(H,26,30);1H,(H2,2,3). The molecule has 1 saturated heterocycles. The van der Waals surface area contributed by atoms with Crippen LogP contribution in [0.15, 0.2) is 30.3 Å². The molecule has 0 unspecified atom stereocenters. The number of likely N-dealkylation sites (tertiary alicyclic amines) is 1. The number of anilines is 1. The third-order valence-electron chi connectivity index (χ3n) is 6.19. The number of nitrogens with two attached hydrogens (primary N) is 1. The van der Waals surface area contributed by atoms with E-state index < -0.39 is 0 Å². The Kier molecular flexibility index (Phi) is 8.40. The third kappa shape index (κ3) is 5.95. The first-order valence-electron chi connectivity index (χ1n) is 11.5. The van der Waals surface area contributed by atoms with Crippen LogP contribution < -0.4 is 11.1 Å². The highest BCUT2D eigenvalue weighted by molar-refractivity contribution is 6.12. The number of aryl methyl sites for hydroxylation is 2. The van der Waals surface area contributed by atoms with E-state index in [-0.39, 0.29) is 18.4 Å². The fraction of sp³-hybridized carbons (Fsp3) is 0.400. The van der Waals surface area contributed by atoms with E-state index >= 15 is 0 Å². The lowest BCUT2D eigenvalue weighted by atomic mass is 9.97. The van der Waals surface area contributed by atoms with Gasteiger partial charge < -0.3 is 20.7 Å². The fourth-order valence-electron chi connectivity index (χ4n) is 4.40. The first-order chi connectivity index (χ1) is 16.8. The number of primary amides is 1. The summed E-state index contributed by atoms with van der Waals surface area (Å²) < 4.78 is 6.79. The molecule has 1 aliphatic heterocycles. The Morgan fingerprint density at radius 1 is 1.20 bits per heavy atom. The highest BCUT2D eigenvalue weighted by atomic mass is 16.5. The van der Waals surface area contributed by atoms with Crippen LogP contribution in [0.3, 0.4) is 0 Å². The SMILES string of the molecule is COC(=O)N1CCC(Cn2nc(C)c(NC(=O)c3cc(C)nc4ccccc34)c2C)CC1.NC=O. The molecule has 186 valence electrons. The highest BCUT2D eigenvalue weighted by Crippen LogP contribution is 2.26. The number of hydrogen-bond acceptors (Lipinski definition) is 6. The van der Waals surface area contributed by atoms with E-state index in [1.54, 1.807) is 4.90 Å². The van der Waals surface area contributed by atoms with Crippen LogP contribution in [0.25, 0.3) is 10.9 Å². The summed E-state index contributed by atoms with van der Waals surface area (Å²) in [6.07, 6.45) is 1.79. The van der Waals surface area contributed by atoms with Crippen LogP contribution >= 0.6 is 0 Å². The van der Waals surface area contributed by atoms with E-state index in [1.807, 2.05) is 55.8 Å². The van der Waals surface area contributed by atoms with Gasteiger partial charge in [0.25, 0.3) is 5.91 Å². The van der Waals surface area contributed by atoms with E-state index in [0.717, 1.165) is 53.1 Å². The van der Waals surface area contributed by atoms with E-state index in [0.29, 0.717) is 24.6 Å².